The van der Waals surface area contributed by atoms with Gasteiger partial charge < -0.3 is 14.5 Å². The Morgan fingerprint density at radius 3 is 3.10 bits per heavy atom. The minimum absolute atomic E-state index is 0.868. The van der Waals surface area contributed by atoms with Crippen LogP contribution < -0.4 is 4.74 Å². The molecule has 2 aliphatic heterocycles. The number of ether oxygens (including phenoxy) is 1. The maximum atomic E-state index is 5.22. The smallest absolute Gasteiger partial charge is 0.122 e. The lowest BCUT2D eigenvalue weighted by molar-refractivity contribution is 0.311. The third-order valence-corrected chi connectivity index (χ3v) is 3.99. The first-order valence-electron chi connectivity index (χ1n) is 6.51. The summed E-state index contributed by atoms with van der Waals surface area (Å²) >= 11 is 2.34. The summed E-state index contributed by atoms with van der Waals surface area (Å²) in [7, 11) is 1.68. The van der Waals surface area contributed by atoms with Crippen LogP contribution in [0, 0.1) is 0 Å². The molecule has 0 saturated carbocycles. The average molecular weight is 381 g/mol. The molecule has 0 radical (unpaired) electrons. The molecular formula is C15H16IN3O. The van der Waals surface area contributed by atoms with E-state index in [4.69, 9.17) is 4.74 Å². The van der Waals surface area contributed by atoms with Crippen LogP contribution >= 0.6 is 22.6 Å². The molecule has 0 N–H and O–H groups in total. The van der Waals surface area contributed by atoms with Gasteiger partial charge in [0.15, 0.2) is 0 Å². The van der Waals surface area contributed by atoms with Crippen LogP contribution in [0.15, 0.2) is 52.2 Å². The molecule has 1 aromatic heterocycles. The van der Waals surface area contributed by atoms with Gasteiger partial charge in [0.05, 0.1) is 19.5 Å². The lowest BCUT2D eigenvalue weighted by Crippen LogP contribution is -2.25. The number of rotatable bonds is 4. The van der Waals surface area contributed by atoms with E-state index in [9.17, 15) is 0 Å². The van der Waals surface area contributed by atoms with Gasteiger partial charge >= 0.3 is 0 Å². The predicted molar refractivity (Wildman–Crippen MR) is 87.2 cm³/mol. The SMILES string of the molecule is COc1ccnc(CCN2C=C3C=CC(I)=CN3C2)c1. The highest BCUT2D eigenvalue weighted by molar-refractivity contribution is 14.1. The van der Waals surface area contributed by atoms with Crippen LogP contribution in [0.2, 0.25) is 0 Å². The quantitative estimate of drug-likeness (QED) is 0.751. The molecule has 0 atom stereocenters. The second kappa shape index (κ2) is 5.87. The van der Waals surface area contributed by atoms with E-state index in [0.29, 0.717) is 0 Å². The minimum Gasteiger partial charge on any atom is -0.497 e. The maximum Gasteiger partial charge on any atom is 0.122 e. The molecule has 3 heterocycles. The van der Waals surface area contributed by atoms with Crippen molar-refractivity contribution in [1.29, 1.82) is 0 Å². The van der Waals surface area contributed by atoms with E-state index in [0.717, 1.165) is 31.1 Å². The van der Waals surface area contributed by atoms with E-state index in [2.05, 4.69) is 61.9 Å². The summed E-state index contributed by atoms with van der Waals surface area (Å²) in [5.41, 5.74) is 2.32. The van der Waals surface area contributed by atoms with Crippen molar-refractivity contribution in [3.05, 3.63) is 57.9 Å². The number of allylic oxidation sites excluding steroid dienone is 3. The number of nitrogens with zero attached hydrogens (tertiary/aromatic N) is 3. The summed E-state index contributed by atoms with van der Waals surface area (Å²) < 4.78 is 6.48. The second-order valence-electron chi connectivity index (χ2n) is 4.76. The molecule has 5 heteroatoms. The van der Waals surface area contributed by atoms with Gasteiger partial charge in [-0.15, -0.1) is 0 Å². The number of methoxy groups -OCH3 is 1. The number of halogens is 1. The normalized spacial score (nSPS) is 16.9. The molecule has 20 heavy (non-hydrogen) atoms. The molecule has 0 bridgehead atoms. The lowest BCUT2D eigenvalue weighted by Gasteiger charge is -2.21. The molecule has 4 nitrogen and oxygen atoms in total. The molecule has 0 saturated heterocycles. The fourth-order valence-corrected chi connectivity index (χ4v) is 2.82. The highest BCUT2D eigenvalue weighted by Gasteiger charge is 2.19. The third-order valence-electron chi connectivity index (χ3n) is 3.35. The molecule has 104 valence electrons. The Labute approximate surface area is 132 Å². The molecule has 3 rings (SSSR count). The van der Waals surface area contributed by atoms with E-state index in [1.54, 1.807) is 13.3 Å². The van der Waals surface area contributed by atoms with Gasteiger partial charge in [-0.3, -0.25) is 4.98 Å². The highest BCUT2D eigenvalue weighted by atomic mass is 127. The van der Waals surface area contributed by atoms with Crippen LogP contribution in [0.1, 0.15) is 5.69 Å². The summed E-state index contributed by atoms with van der Waals surface area (Å²) in [5.74, 6) is 0.868. The van der Waals surface area contributed by atoms with Crippen molar-refractivity contribution < 1.29 is 4.74 Å². The van der Waals surface area contributed by atoms with Gasteiger partial charge in [-0.2, -0.15) is 0 Å². The monoisotopic (exact) mass is 381 g/mol. The van der Waals surface area contributed by atoms with E-state index < -0.39 is 0 Å². The Bertz CT molecular complexity index is 595. The summed E-state index contributed by atoms with van der Waals surface area (Å²) in [6.07, 6.45) is 11.4. The third kappa shape index (κ3) is 2.98. The molecule has 0 unspecified atom stereocenters. The Balaban J connectivity index is 1.60. The van der Waals surface area contributed by atoms with Gasteiger partial charge in [-0.1, -0.05) is 0 Å². The molecular weight excluding hydrogens is 365 g/mol. The minimum atomic E-state index is 0.868. The van der Waals surface area contributed by atoms with Crippen molar-refractivity contribution in [2.24, 2.45) is 0 Å². The number of pyridine rings is 1. The summed E-state index contributed by atoms with van der Waals surface area (Å²) in [4.78, 5) is 8.96. The van der Waals surface area contributed by atoms with Gasteiger partial charge in [0.25, 0.3) is 0 Å². The Morgan fingerprint density at radius 2 is 2.25 bits per heavy atom. The Morgan fingerprint density at radius 1 is 1.35 bits per heavy atom. The predicted octanol–water partition coefficient (Wildman–Crippen LogP) is 2.90. The molecule has 2 aliphatic rings. The van der Waals surface area contributed by atoms with Gasteiger partial charge in [0, 0.05) is 46.9 Å². The number of hydrogen-bond donors (Lipinski definition) is 0. The first-order chi connectivity index (χ1) is 9.74. The average Bonchev–Trinajstić information content (AvgIpc) is 2.87. The first-order valence-corrected chi connectivity index (χ1v) is 7.59. The Kier molecular flexibility index (Phi) is 3.95. The van der Waals surface area contributed by atoms with Crippen molar-refractivity contribution in [3.8, 4) is 5.75 Å². The van der Waals surface area contributed by atoms with Gasteiger partial charge in [-0.05, 0) is 40.8 Å². The van der Waals surface area contributed by atoms with Crippen molar-refractivity contribution >= 4 is 22.6 Å². The van der Waals surface area contributed by atoms with Crippen LogP contribution in [0.4, 0.5) is 0 Å². The van der Waals surface area contributed by atoms with Crippen LogP contribution in [-0.4, -0.2) is 35.1 Å². The van der Waals surface area contributed by atoms with Crippen LogP contribution in [0.5, 0.6) is 5.75 Å². The Hall–Kier alpha value is -1.50. The summed E-state index contributed by atoms with van der Waals surface area (Å²) in [5, 5.41) is 0. The topological polar surface area (TPSA) is 28.6 Å². The van der Waals surface area contributed by atoms with E-state index in [-0.39, 0.29) is 0 Å². The fourth-order valence-electron chi connectivity index (χ4n) is 2.30. The fraction of sp³-hybridized carbons (Fsp3) is 0.267. The van der Waals surface area contributed by atoms with Crippen molar-refractivity contribution in [2.45, 2.75) is 6.42 Å². The lowest BCUT2D eigenvalue weighted by atomic mass is 10.2. The number of aromatic nitrogens is 1. The summed E-state index contributed by atoms with van der Waals surface area (Å²) in [6.45, 7) is 1.87. The largest absolute Gasteiger partial charge is 0.497 e. The molecule has 0 aromatic carbocycles. The maximum absolute atomic E-state index is 5.22. The molecule has 0 spiro atoms. The second-order valence-corrected chi connectivity index (χ2v) is 6.01. The van der Waals surface area contributed by atoms with Gasteiger partial charge in [0.1, 0.15) is 5.75 Å². The number of fused-ring (bicyclic) bond motifs is 1. The van der Waals surface area contributed by atoms with Crippen LogP contribution in [0.3, 0.4) is 0 Å². The molecule has 0 fully saturated rings. The van der Waals surface area contributed by atoms with Crippen molar-refractivity contribution in [3.63, 3.8) is 0 Å². The van der Waals surface area contributed by atoms with Crippen LogP contribution in [0.25, 0.3) is 0 Å². The van der Waals surface area contributed by atoms with Crippen molar-refractivity contribution in [1.82, 2.24) is 14.8 Å². The molecule has 1 aromatic rings. The van der Waals surface area contributed by atoms with Crippen molar-refractivity contribution in [2.75, 3.05) is 20.3 Å². The molecule has 0 aliphatic carbocycles. The van der Waals surface area contributed by atoms with Crippen LogP contribution in [-0.2, 0) is 6.42 Å². The van der Waals surface area contributed by atoms with E-state index in [1.165, 1.54) is 9.28 Å². The zero-order valence-corrected chi connectivity index (χ0v) is 13.4. The van der Waals surface area contributed by atoms with E-state index in [1.807, 2.05) is 12.1 Å². The first kappa shape index (κ1) is 13.5. The molecule has 0 amide bonds. The standard InChI is InChI=1S/C15H16IN3O/c1-20-15-4-6-17-13(8-15)5-7-18-10-14-3-2-12(16)9-19(14)11-18/h2-4,6,8-10H,5,7,11H2,1H3. The number of hydrogen-bond acceptors (Lipinski definition) is 4. The highest BCUT2D eigenvalue weighted by Crippen LogP contribution is 2.25. The van der Waals surface area contributed by atoms with Gasteiger partial charge in [0.2, 0.25) is 0 Å². The zero-order chi connectivity index (χ0) is 13.9. The zero-order valence-electron chi connectivity index (χ0n) is 11.3. The van der Waals surface area contributed by atoms with E-state index >= 15 is 0 Å². The summed E-state index contributed by atoms with van der Waals surface area (Å²) in [6, 6.07) is 3.87. The van der Waals surface area contributed by atoms with Gasteiger partial charge in [-0.25, -0.2) is 0 Å².